The van der Waals surface area contributed by atoms with Gasteiger partial charge in [-0.3, -0.25) is 0 Å². The molecule has 0 bridgehead atoms. The van der Waals surface area contributed by atoms with Crippen LogP contribution in [0.5, 0.6) is 0 Å². The summed E-state index contributed by atoms with van der Waals surface area (Å²) in [7, 11) is 0. The van der Waals surface area contributed by atoms with Crippen LogP contribution in [-0.4, -0.2) is 28.7 Å². The molecule has 2 N–H and O–H groups in total. The molecule has 0 aromatic rings. The summed E-state index contributed by atoms with van der Waals surface area (Å²) in [6.07, 6.45) is -0.244. The van der Waals surface area contributed by atoms with Crippen molar-refractivity contribution in [1.29, 1.82) is 0 Å². The molecule has 1 aliphatic rings. The van der Waals surface area contributed by atoms with Gasteiger partial charge in [0.1, 0.15) is 0 Å². The number of rotatable bonds is 1. The predicted molar refractivity (Wildman–Crippen MR) is 31.8 cm³/mol. The first kappa shape index (κ1) is 6.99. The predicted octanol–water partition coefficient (Wildman–Crippen LogP) is -0.135. The third-order valence-corrected chi connectivity index (χ3v) is 1.61. The van der Waals surface area contributed by atoms with Crippen molar-refractivity contribution in [3.8, 4) is 0 Å². The van der Waals surface area contributed by atoms with E-state index in [1.54, 1.807) is 0 Å². The van der Waals surface area contributed by atoms with Crippen LogP contribution in [0.2, 0.25) is 0 Å². The molecule has 0 aliphatic carbocycles. The summed E-state index contributed by atoms with van der Waals surface area (Å²) in [5.41, 5.74) is 0. The highest BCUT2D eigenvalue weighted by molar-refractivity contribution is 4.75. The Kier molecular flexibility index (Phi) is 2.05. The van der Waals surface area contributed by atoms with Crippen LogP contribution >= 0.6 is 0 Å². The monoisotopic (exact) mass is 132 g/mol. The molecule has 3 nitrogen and oxygen atoms in total. The van der Waals surface area contributed by atoms with E-state index in [9.17, 15) is 0 Å². The van der Waals surface area contributed by atoms with Crippen molar-refractivity contribution in [3.63, 3.8) is 0 Å². The molecule has 9 heavy (non-hydrogen) atoms. The lowest BCUT2D eigenvalue weighted by Gasteiger charge is -2.08. The first-order valence-corrected chi connectivity index (χ1v) is 3.25. The molecule has 54 valence electrons. The van der Waals surface area contributed by atoms with Crippen molar-refractivity contribution in [1.82, 2.24) is 0 Å². The molecule has 0 aromatic carbocycles. The molecule has 1 saturated heterocycles. The minimum Gasteiger partial charge on any atom is -0.390 e. The van der Waals surface area contributed by atoms with Gasteiger partial charge in [-0.2, -0.15) is 0 Å². The highest BCUT2D eigenvalue weighted by Crippen LogP contribution is 2.20. The maximum Gasteiger partial charge on any atom is 0.157 e. The van der Waals surface area contributed by atoms with Crippen LogP contribution in [0, 0.1) is 0 Å². The molecule has 0 amide bonds. The number of aliphatic hydroxyl groups is 2. The van der Waals surface area contributed by atoms with Crippen molar-refractivity contribution in [2.24, 2.45) is 0 Å². The summed E-state index contributed by atoms with van der Waals surface area (Å²) in [4.78, 5) is 0. The van der Waals surface area contributed by atoms with Gasteiger partial charge in [-0.05, 0) is 6.42 Å². The van der Waals surface area contributed by atoms with Crippen LogP contribution in [0.4, 0.5) is 0 Å². The zero-order valence-corrected chi connectivity index (χ0v) is 5.45. The van der Waals surface area contributed by atoms with Crippen molar-refractivity contribution in [2.75, 3.05) is 0 Å². The molecule has 1 fully saturated rings. The zero-order valence-electron chi connectivity index (χ0n) is 5.45. The van der Waals surface area contributed by atoms with E-state index >= 15 is 0 Å². The van der Waals surface area contributed by atoms with Crippen molar-refractivity contribution < 1.29 is 14.9 Å². The van der Waals surface area contributed by atoms with Gasteiger partial charge in [-0.15, -0.1) is 0 Å². The molecule has 3 atom stereocenters. The highest BCUT2D eigenvalue weighted by atomic mass is 16.6. The fraction of sp³-hybridized carbons (Fsp3) is 1.00. The van der Waals surface area contributed by atoms with Gasteiger partial charge in [-0.25, -0.2) is 0 Å². The molecule has 3 heteroatoms. The van der Waals surface area contributed by atoms with Gasteiger partial charge in [0.25, 0.3) is 0 Å². The Balaban J connectivity index is 2.38. The van der Waals surface area contributed by atoms with E-state index in [4.69, 9.17) is 14.9 Å². The molecule has 0 aromatic heterocycles. The summed E-state index contributed by atoms with van der Waals surface area (Å²) in [5, 5.41) is 17.9. The topological polar surface area (TPSA) is 49.7 Å². The van der Waals surface area contributed by atoms with Gasteiger partial charge in [0.05, 0.1) is 12.2 Å². The van der Waals surface area contributed by atoms with Crippen molar-refractivity contribution in [2.45, 2.75) is 38.3 Å². The quantitative estimate of drug-likeness (QED) is 0.522. The largest absolute Gasteiger partial charge is 0.390 e. The number of hydrogen-bond acceptors (Lipinski definition) is 3. The van der Waals surface area contributed by atoms with Gasteiger partial charge in [0, 0.05) is 6.42 Å². The van der Waals surface area contributed by atoms with Gasteiger partial charge in [-0.1, -0.05) is 6.92 Å². The molecule has 0 saturated carbocycles. The number of aliphatic hydroxyl groups excluding tert-OH is 2. The molecule has 1 aliphatic heterocycles. The van der Waals surface area contributed by atoms with Gasteiger partial charge in [0.15, 0.2) is 6.29 Å². The van der Waals surface area contributed by atoms with E-state index in [0.717, 1.165) is 6.42 Å². The molecular formula is C6H12O3. The average Bonchev–Trinajstić information content (AvgIpc) is 2.10. The van der Waals surface area contributed by atoms with E-state index in [0.29, 0.717) is 6.42 Å². The third-order valence-electron chi connectivity index (χ3n) is 1.61. The van der Waals surface area contributed by atoms with E-state index in [1.807, 2.05) is 6.92 Å². The molecule has 0 spiro atoms. The lowest BCUT2D eigenvalue weighted by Crippen LogP contribution is -2.19. The molecule has 1 rings (SSSR count). The summed E-state index contributed by atoms with van der Waals surface area (Å²) in [5.74, 6) is 0. The lowest BCUT2D eigenvalue weighted by atomic mass is 10.1. The standard InChI is InChI=1S/C6H12O3/c1-2-5-4(7)3-6(8)9-5/h4-8H,2-3H2,1H3/t4-,5+,6?/m0/s1. The summed E-state index contributed by atoms with van der Waals surface area (Å²) < 4.78 is 4.93. The summed E-state index contributed by atoms with van der Waals surface area (Å²) >= 11 is 0. The maximum atomic E-state index is 9.07. The number of ether oxygens (including phenoxy) is 1. The van der Waals surface area contributed by atoms with Crippen LogP contribution in [0.1, 0.15) is 19.8 Å². The first-order chi connectivity index (χ1) is 4.24. The zero-order chi connectivity index (χ0) is 6.85. The van der Waals surface area contributed by atoms with E-state index in [-0.39, 0.29) is 6.10 Å². The Labute approximate surface area is 54.3 Å². The van der Waals surface area contributed by atoms with E-state index in [2.05, 4.69) is 0 Å². The molecule has 1 heterocycles. The van der Waals surface area contributed by atoms with Gasteiger partial charge in [0.2, 0.25) is 0 Å². The molecule has 0 radical (unpaired) electrons. The Morgan fingerprint density at radius 1 is 1.56 bits per heavy atom. The smallest absolute Gasteiger partial charge is 0.157 e. The average molecular weight is 132 g/mol. The van der Waals surface area contributed by atoms with Gasteiger partial charge >= 0.3 is 0 Å². The molecule has 1 unspecified atom stereocenters. The second-order valence-corrected chi connectivity index (χ2v) is 2.34. The first-order valence-electron chi connectivity index (χ1n) is 3.25. The Morgan fingerprint density at radius 3 is 2.44 bits per heavy atom. The Hall–Kier alpha value is -0.120. The highest BCUT2D eigenvalue weighted by Gasteiger charge is 2.30. The minimum atomic E-state index is -0.745. The fourth-order valence-electron chi connectivity index (χ4n) is 1.07. The van der Waals surface area contributed by atoms with E-state index in [1.165, 1.54) is 0 Å². The minimum absolute atomic E-state index is 0.153. The Morgan fingerprint density at radius 2 is 2.22 bits per heavy atom. The number of hydrogen-bond donors (Lipinski definition) is 2. The second-order valence-electron chi connectivity index (χ2n) is 2.34. The second kappa shape index (κ2) is 2.64. The summed E-state index contributed by atoms with van der Waals surface area (Å²) in [6.45, 7) is 1.92. The normalized spacial score (nSPS) is 43.7. The lowest BCUT2D eigenvalue weighted by molar-refractivity contribution is -0.0953. The Bertz CT molecular complexity index is 94.3. The van der Waals surface area contributed by atoms with Gasteiger partial charge < -0.3 is 14.9 Å². The maximum absolute atomic E-state index is 9.07. The van der Waals surface area contributed by atoms with Crippen LogP contribution in [-0.2, 0) is 4.74 Å². The third kappa shape index (κ3) is 1.41. The van der Waals surface area contributed by atoms with Crippen molar-refractivity contribution in [3.05, 3.63) is 0 Å². The fourth-order valence-corrected chi connectivity index (χ4v) is 1.07. The van der Waals surface area contributed by atoms with Crippen LogP contribution in [0.25, 0.3) is 0 Å². The van der Waals surface area contributed by atoms with Crippen LogP contribution in [0.3, 0.4) is 0 Å². The SMILES string of the molecule is CC[C@H]1OC(O)C[C@@H]1O. The summed E-state index contributed by atoms with van der Waals surface area (Å²) in [6, 6.07) is 0. The van der Waals surface area contributed by atoms with Crippen molar-refractivity contribution >= 4 is 0 Å². The van der Waals surface area contributed by atoms with Crippen LogP contribution in [0.15, 0.2) is 0 Å². The van der Waals surface area contributed by atoms with E-state index < -0.39 is 12.4 Å². The van der Waals surface area contributed by atoms with Crippen LogP contribution < -0.4 is 0 Å². The molecular weight excluding hydrogens is 120 g/mol.